The Balaban J connectivity index is 1.61. The van der Waals surface area contributed by atoms with Crippen LogP contribution in [-0.2, 0) is 17.8 Å². The summed E-state index contributed by atoms with van der Waals surface area (Å²) in [5.41, 5.74) is 11.2. The van der Waals surface area contributed by atoms with E-state index in [-0.39, 0.29) is 18.9 Å². The molecule has 5 rings (SSSR count). The zero-order chi connectivity index (χ0) is 20.5. The van der Waals surface area contributed by atoms with Crippen LogP contribution in [0, 0.1) is 0 Å². The van der Waals surface area contributed by atoms with Crippen LogP contribution in [-0.4, -0.2) is 32.3 Å². The number of aryl methyl sites for hydroxylation is 1. The second kappa shape index (κ2) is 7.59. The fraction of sp³-hybridized carbons (Fsp3) is 0.217. The second-order valence-electron chi connectivity index (χ2n) is 7.31. The number of aromatic nitrogens is 4. The van der Waals surface area contributed by atoms with Crippen LogP contribution in [0.1, 0.15) is 18.5 Å². The summed E-state index contributed by atoms with van der Waals surface area (Å²) >= 11 is 0. The number of fused-ring (bicyclic) bond motifs is 2. The Hall–Kier alpha value is -3.74. The minimum absolute atomic E-state index is 0.182. The second-order valence-corrected chi connectivity index (χ2v) is 7.31. The lowest BCUT2D eigenvalue weighted by Crippen LogP contribution is -2.14. The van der Waals surface area contributed by atoms with Gasteiger partial charge in [0.2, 0.25) is 5.91 Å². The zero-order valence-electron chi connectivity index (χ0n) is 16.4. The summed E-state index contributed by atoms with van der Waals surface area (Å²) in [6.45, 7) is 1.18. The summed E-state index contributed by atoms with van der Waals surface area (Å²) in [7, 11) is 0. The molecule has 0 radical (unpaired) electrons. The van der Waals surface area contributed by atoms with Crippen LogP contribution >= 0.6 is 0 Å². The van der Waals surface area contributed by atoms with E-state index in [4.69, 9.17) is 15.6 Å². The normalized spacial score (nSPS) is 12.8. The highest BCUT2D eigenvalue weighted by Gasteiger charge is 2.25. The van der Waals surface area contributed by atoms with E-state index in [0.717, 1.165) is 52.8 Å². The van der Waals surface area contributed by atoms with E-state index >= 15 is 0 Å². The third-order valence-corrected chi connectivity index (χ3v) is 5.35. The summed E-state index contributed by atoms with van der Waals surface area (Å²) < 4.78 is 7.76. The molecule has 2 N–H and O–H groups in total. The average molecular weight is 399 g/mol. The minimum Gasteiger partial charge on any atom is -0.493 e. The van der Waals surface area contributed by atoms with E-state index in [1.807, 2.05) is 48.7 Å². The smallest absolute Gasteiger partial charge is 0.220 e. The Morgan fingerprint density at radius 3 is 2.90 bits per heavy atom. The molecular formula is C23H21N5O2. The van der Waals surface area contributed by atoms with Crippen LogP contribution in [0.3, 0.4) is 0 Å². The number of benzene rings is 1. The predicted molar refractivity (Wildman–Crippen MR) is 114 cm³/mol. The summed E-state index contributed by atoms with van der Waals surface area (Å²) in [5.74, 6) is 0.284. The molecule has 0 bridgehead atoms. The number of hydrogen-bond acceptors (Lipinski definition) is 5. The highest BCUT2D eigenvalue weighted by atomic mass is 16.5. The summed E-state index contributed by atoms with van der Waals surface area (Å²) in [4.78, 5) is 20.0. The molecule has 1 amide bonds. The van der Waals surface area contributed by atoms with Crippen molar-refractivity contribution >= 4 is 16.8 Å². The van der Waals surface area contributed by atoms with Gasteiger partial charge in [-0.15, -0.1) is 0 Å². The maximum Gasteiger partial charge on any atom is 0.220 e. The highest BCUT2D eigenvalue weighted by Crippen LogP contribution is 2.40. The first kappa shape index (κ1) is 18.3. The van der Waals surface area contributed by atoms with Crippen molar-refractivity contribution in [2.75, 3.05) is 6.61 Å². The number of nitrogens with zero attached hydrogens (tertiary/aromatic N) is 4. The van der Waals surface area contributed by atoms with E-state index in [9.17, 15) is 4.79 Å². The van der Waals surface area contributed by atoms with Crippen LogP contribution in [0.2, 0.25) is 0 Å². The van der Waals surface area contributed by atoms with Crippen LogP contribution in [0.25, 0.3) is 33.4 Å². The molecule has 1 aliphatic rings. The number of primary amides is 1. The van der Waals surface area contributed by atoms with Crippen molar-refractivity contribution in [2.45, 2.75) is 25.8 Å². The van der Waals surface area contributed by atoms with Crippen molar-refractivity contribution in [2.24, 2.45) is 5.73 Å². The first-order chi connectivity index (χ1) is 14.7. The van der Waals surface area contributed by atoms with Gasteiger partial charge in [0.1, 0.15) is 11.4 Å². The Morgan fingerprint density at radius 2 is 2.07 bits per heavy atom. The lowest BCUT2D eigenvalue weighted by atomic mass is 9.96. The summed E-state index contributed by atoms with van der Waals surface area (Å²) in [5, 5.41) is 5.91. The molecule has 0 fully saturated rings. The van der Waals surface area contributed by atoms with Gasteiger partial charge >= 0.3 is 0 Å². The van der Waals surface area contributed by atoms with Gasteiger partial charge in [-0.3, -0.25) is 19.4 Å². The topological polar surface area (TPSA) is 95.9 Å². The molecule has 0 aliphatic carbocycles. The van der Waals surface area contributed by atoms with Gasteiger partial charge in [-0.05, 0) is 48.7 Å². The Bertz CT molecular complexity index is 1230. The van der Waals surface area contributed by atoms with Crippen LogP contribution in [0.4, 0.5) is 0 Å². The fourth-order valence-electron chi connectivity index (χ4n) is 4.00. The van der Waals surface area contributed by atoms with Crippen LogP contribution in [0.5, 0.6) is 5.75 Å². The molecule has 150 valence electrons. The molecule has 0 atom stereocenters. The largest absolute Gasteiger partial charge is 0.493 e. The van der Waals surface area contributed by atoms with Gasteiger partial charge in [-0.1, -0.05) is 6.07 Å². The molecular weight excluding hydrogens is 378 g/mol. The fourth-order valence-corrected chi connectivity index (χ4v) is 4.00. The lowest BCUT2D eigenvalue weighted by molar-refractivity contribution is -0.118. The Morgan fingerprint density at radius 1 is 1.13 bits per heavy atom. The molecule has 0 spiro atoms. The molecule has 0 saturated carbocycles. The number of pyridine rings is 2. The Kier molecular flexibility index (Phi) is 4.63. The van der Waals surface area contributed by atoms with E-state index in [1.54, 1.807) is 6.20 Å². The molecule has 1 aliphatic heterocycles. The van der Waals surface area contributed by atoms with Gasteiger partial charge in [-0.25, -0.2) is 0 Å². The monoisotopic (exact) mass is 399 g/mol. The van der Waals surface area contributed by atoms with E-state index in [0.29, 0.717) is 5.75 Å². The molecule has 7 nitrogen and oxygen atoms in total. The van der Waals surface area contributed by atoms with E-state index < -0.39 is 0 Å². The molecule has 0 unspecified atom stereocenters. The number of ether oxygens (including phenoxy) is 1. The molecule has 3 aromatic heterocycles. The number of amides is 1. The van der Waals surface area contributed by atoms with Crippen molar-refractivity contribution < 1.29 is 9.53 Å². The molecule has 1 aromatic carbocycles. The Labute approximate surface area is 173 Å². The molecule has 0 saturated heterocycles. The molecule has 30 heavy (non-hydrogen) atoms. The third kappa shape index (κ3) is 3.28. The van der Waals surface area contributed by atoms with Gasteiger partial charge in [0.15, 0.2) is 0 Å². The van der Waals surface area contributed by atoms with Gasteiger partial charge in [-0.2, -0.15) is 5.10 Å². The van der Waals surface area contributed by atoms with Crippen molar-refractivity contribution in [1.29, 1.82) is 0 Å². The number of nitrogens with two attached hydrogens (primary N) is 1. The van der Waals surface area contributed by atoms with Crippen molar-refractivity contribution in [3.05, 3.63) is 60.6 Å². The van der Waals surface area contributed by atoms with Gasteiger partial charge in [0, 0.05) is 41.6 Å². The van der Waals surface area contributed by atoms with Crippen LogP contribution in [0.15, 0.2) is 54.9 Å². The van der Waals surface area contributed by atoms with Crippen molar-refractivity contribution in [3.63, 3.8) is 0 Å². The summed E-state index contributed by atoms with van der Waals surface area (Å²) in [6.07, 6.45) is 5.88. The quantitative estimate of drug-likeness (QED) is 0.536. The zero-order valence-corrected chi connectivity index (χ0v) is 16.4. The number of carbonyl (C=O) groups excluding carboxylic acids is 1. The van der Waals surface area contributed by atoms with Crippen molar-refractivity contribution in [3.8, 4) is 28.3 Å². The average Bonchev–Trinajstić information content (AvgIpc) is 3.35. The number of hydrogen-bond donors (Lipinski definition) is 1. The predicted octanol–water partition coefficient (Wildman–Crippen LogP) is 3.36. The SMILES string of the molecule is NC(=O)CCOc1ccc2c(-c3c(-c4ccccn4)nn4c3CCC4)ccnc2c1. The minimum atomic E-state index is -0.381. The van der Waals surface area contributed by atoms with Gasteiger partial charge < -0.3 is 10.5 Å². The third-order valence-electron chi connectivity index (χ3n) is 5.35. The van der Waals surface area contributed by atoms with Crippen molar-refractivity contribution in [1.82, 2.24) is 19.7 Å². The summed E-state index contributed by atoms with van der Waals surface area (Å²) in [6, 6.07) is 13.7. The maximum atomic E-state index is 10.9. The molecule has 4 heterocycles. The molecule has 4 aromatic rings. The molecule has 7 heteroatoms. The lowest BCUT2D eigenvalue weighted by Gasteiger charge is -2.10. The van der Waals surface area contributed by atoms with Gasteiger partial charge in [0.25, 0.3) is 0 Å². The van der Waals surface area contributed by atoms with Gasteiger partial charge in [0.05, 0.1) is 24.2 Å². The number of rotatable bonds is 6. The van der Waals surface area contributed by atoms with Crippen LogP contribution < -0.4 is 10.5 Å². The number of carbonyl (C=O) groups is 1. The maximum absolute atomic E-state index is 10.9. The first-order valence-corrected chi connectivity index (χ1v) is 10.0. The first-order valence-electron chi connectivity index (χ1n) is 10.0. The standard InChI is InChI=1S/C23H21N5O2/c24-21(29)9-13-30-15-6-7-16-17(8-11-26-19(16)14-15)22-20-5-3-12-28(20)27-23(22)18-4-1-2-10-25-18/h1-2,4,6-8,10-11,14H,3,5,9,12-13H2,(H2,24,29). The van der Waals surface area contributed by atoms with E-state index in [2.05, 4.69) is 14.6 Å². The highest BCUT2D eigenvalue weighted by molar-refractivity contribution is 5.99. The van der Waals surface area contributed by atoms with E-state index in [1.165, 1.54) is 5.69 Å².